The van der Waals surface area contributed by atoms with Crippen LogP contribution in [0.3, 0.4) is 0 Å². The van der Waals surface area contributed by atoms with Gasteiger partial charge in [0.2, 0.25) is 0 Å². The molecular weight excluding hydrogens is 281 g/mol. The van der Waals surface area contributed by atoms with Crippen molar-refractivity contribution in [1.29, 1.82) is 0 Å². The SMILES string of the molecule is CO[C@@H]1CN(Cc2ccn[nH]2)CC[C@@H]1Cc1ccccc1F. The molecule has 22 heavy (non-hydrogen) atoms. The van der Waals surface area contributed by atoms with E-state index in [0.717, 1.165) is 43.7 Å². The molecule has 1 fully saturated rings. The smallest absolute Gasteiger partial charge is 0.126 e. The van der Waals surface area contributed by atoms with E-state index < -0.39 is 0 Å². The van der Waals surface area contributed by atoms with Crippen LogP contribution in [-0.2, 0) is 17.7 Å². The Balaban J connectivity index is 1.61. The number of halogens is 1. The highest BCUT2D eigenvalue weighted by Crippen LogP contribution is 2.26. The van der Waals surface area contributed by atoms with Gasteiger partial charge in [0.25, 0.3) is 0 Å². The lowest BCUT2D eigenvalue weighted by Crippen LogP contribution is -2.45. The van der Waals surface area contributed by atoms with Crippen LogP contribution in [0.5, 0.6) is 0 Å². The van der Waals surface area contributed by atoms with Crippen LogP contribution in [0.1, 0.15) is 17.7 Å². The Bertz CT molecular complexity index is 587. The number of nitrogens with one attached hydrogen (secondary N) is 1. The topological polar surface area (TPSA) is 41.1 Å². The van der Waals surface area contributed by atoms with Crippen LogP contribution < -0.4 is 0 Å². The minimum atomic E-state index is -0.114. The predicted molar refractivity (Wildman–Crippen MR) is 82.9 cm³/mol. The Morgan fingerprint density at radius 2 is 2.23 bits per heavy atom. The molecule has 1 aliphatic rings. The van der Waals surface area contributed by atoms with E-state index >= 15 is 0 Å². The normalized spacial score (nSPS) is 22.8. The number of likely N-dealkylation sites (tertiary alicyclic amines) is 1. The van der Waals surface area contributed by atoms with E-state index in [1.807, 2.05) is 18.2 Å². The highest BCUT2D eigenvalue weighted by atomic mass is 19.1. The summed E-state index contributed by atoms with van der Waals surface area (Å²) in [6, 6.07) is 9.03. The summed E-state index contributed by atoms with van der Waals surface area (Å²) in [6.07, 6.45) is 3.66. The molecule has 2 heterocycles. The third-order valence-corrected chi connectivity index (χ3v) is 4.48. The predicted octanol–water partition coefficient (Wildman–Crippen LogP) is 2.63. The maximum absolute atomic E-state index is 13.8. The van der Waals surface area contributed by atoms with E-state index in [1.165, 1.54) is 6.07 Å². The zero-order valence-electron chi connectivity index (χ0n) is 12.8. The van der Waals surface area contributed by atoms with Gasteiger partial charge in [-0.15, -0.1) is 0 Å². The maximum Gasteiger partial charge on any atom is 0.126 e. The summed E-state index contributed by atoms with van der Waals surface area (Å²) in [4.78, 5) is 2.36. The van der Waals surface area contributed by atoms with Crippen LogP contribution in [-0.4, -0.2) is 41.4 Å². The van der Waals surface area contributed by atoms with Crippen LogP contribution in [0.2, 0.25) is 0 Å². The second-order valence-corrected chi connectivity index (χ2v) is 5.94. The molecule has 1 N–H and O–H groups in total. The van der Waals surface area contributed by atoms with Gasteiger partial charge in [0.15, 0.2) is 0 Å². The highest BCUT2D eigenvalue weighted by Gasteiger charge is 2.30. The van der Waals surface area contributed by atoms with Crippen molar-refractivity contribution in [2.24, 2.45) is 5.92 Å². The Labute approximate surface area is 130 Å². The van der Waals surface area contributed by atoms with Crippen molar-refractivity contribution in [1.82, 2.24) is 15.1 Å². The van der Waals surface area contributed by atoms with E-state index in [1.54, 1.807) is 19.4 Å². The number of H-pyrrole nitrogens is 1. The molecule has 0 radical (unpaired) electrons. The Morgan fingerprint density at radius 1 is 1.36 bits per heavy atom. The molecule has 0 bridgehead atoms. The van der Waals surface area contributed by atoms with Crippen molar-refractivity contribution in [3.8, 4) is 0 Å². The molecule has 3 rings (SSSR count). The molecule has 0 aliphatic carbocycles. The summed E-state index contributed by atoms with van der Waals surface area (Å²) in [6.45, 7) is 2.72. The molecule has 5 heteroatoms. The second-order valence-electron chi connectivity index (χ2n) is 5.94. The first-order valence-electron chi connectivity index (χ1n) is 7.73. The van der Waals surface area contributed by atoms with Crippen molar-refractivity contribution in [3.63, 3.8) is 0 Å². The Hall–Kier alpha value is -1.72. The van der Waals surface area contributed by atoms with Crippen LogP contribution in [0.4, 0.5) is 4.39 Å². The van der Waals surface area contributed by atoms with Gasteiger partial charge in [0.05, 0.1) is 6.10 Å². The van der Waals surface area contributed by atoms with Crippen LogP contribution >= 0.6 is 0 Å². The summed E-state index contributed by atoms with van der Waals surface area (Å²) < 4.78 is 19.5. The summed E-state index contributed by atoms with van der Waals surface area (Å²) in [5, 5.41) is 6.98. The minimum Gasteiger partial charge on any atom is -0.380 e. The van der Waals surface area contributed by atoms with Gasteiger partial charge in [0.1, 0.15) is 5.82 Å². The minimum absolute atomic E-state index is 0.114. The molecule has 1 aromatic heterocycles. The molecular formula is C17H22FN3O. The van der Waals surface area contributed by atoms with Gasteiger partial charge in [-0.3, -0.25) is 10.00 Å². The van der Waals surface area contributed by atoms with Crippen molar-refractivity contribution < 1.29 is 9.13 Å². The van der Waals surface area contributed by atoms with Gasteiger partial charge >= 0.3 is 0 Å². The zero-order valence-corrected chi connectivity index (χ0v) is 12.8. The molecule has 0 spiro atoms. The third kappa shape index (κ3) is 3.54. The number of methoxy groups -OCH3 is 1. The molecule has 1 saturated heterocycles. The van der Waals surface area contributed by atoms with Crippen LogP contribution in [0, 0.1) is 11.7 Å². The van der Waals surface area contributed by atoms with Gasteiger partial charge in [0, 0.05) is 32.1 Å². The second kappa shape index (κ2) is 7.03. The van der Waals surface area contributed by atoms with Gasteiger partial charge in [-0.05, 0) is 43.0 Å². The number of aromatic amines is 1. The number of rotatable bonds is 5. The molecule has 0 unspecified atom stereocenters. The van der Waals surface area contributed by atoms with E-state index in [9.17, 15) is 4.39 Å². The summed E-state index contributed by atoms with van der Waals surface area (Å²) in [7, 11) is 1.75. The molecule has 1 aliphatic heterocycles. The zero-order chi connectivity index (χ0) is 15.4. The average molecular weight is 303 g/mol. The summed E-state index contributed by atoms with van der Waals surface area (Å²) >= 11 is 0. The third-order valence-electron chi connectivity index (χ3n) is 4.48. The van der Waals surface area contributed by atoms with Crippen molar-refractivity contribution >= 4 is 0 Å². The fraction of sp³-hybridized carbons (Fsp3) is 0.471. The van der Waals surface area contributed by atoms with Crippen LogP contribution in [0.15, 0.2) is 36.5 Å². The van der Waals surface area contributed by atoms with Crippen molar-refractivity contribution in [2.45, 2.75) is 25.5 Å². The van der Waals surface area contributed by atoms with Gasteiger partial charge < -0.3 is 4.74 Å². The molecule has 118 valence electrons. The van der Waals surface area contributed by atoms with E-state index in [4.69, 9.17) is 4.74 Å². The lowest BCUT2D eigenvalue weighted by molar-refractivity contribution is -0.0141. The fourth-order valence-corrected chi connectivity index (χ4v) is 3.23. The quantitative estimate of drug-likeness (QED) is 0.923. The first-order valence-corrected chi connectivity index (χ1v) is 7.73. The van der Waals surface area contributed by atoms with Crippen molar-refractivity contribution in [3.05, 3.63) is 53.6 Å². The number of piperidine rings is 1. The molecule has 2 atom stereocenters. The number of aromatic nitrogens is 2. The van der Waals surface area contributed by atoms with Gasteiger partial charge in [-0.1, -0.05) is 18.2 Å². The van der Waals surface area contributed by atoms with Gasteiger partial charge in [-0.2, -0.15) is 5.10 Å². The number of ether oxygens (including phenoxy) is 1. The summed E-state index contributed by atoms with van der Waals surface area (Å²) in [5.41, 5.74) is 1.90. The number of hydrogen-bond acceptors (Lipinski definition) is 3. The first kappa shape index (κ1) is 15.2. The lowest BCUT2D eigenvalue weighted by Gasteiger charge is -2.37. The molecule has 4 nitrogen and oxygen atoms in total. The van der Waals surface area contributed by atoms with E-state index in [-0.39, 0.29) is 11.9 Å². The van der Waals surface area contributed by atoms with Crippen LogP contribution in [0.25, 0.3) is 0 Å². The largest absolute Gasteiger partial charge is 0.380 e. The molecule has 2 aromatic rings. The van der Waals surface area contributed by atoms with E-state index in [2.05, 4.69) is 15.1 Å². The highest BCUT2D eigenvalue weighted by molar-refractivity contribution is 5.18. The standard InChI is InChI=1S/C17H22FN3O/c1-22-17-12-21(11-15-6-8-19-20-15)9-7-14(17)10-13-4-2-3-5-16(13)18/h2-6,8,14,17H,7,9-12H2,1H3,(H,19,20)/t14-,17-/m1/s1. The average Bonchev–Trinajstić information content (AvgIpc) is 3.04. The first-order chi connectivity index (χ1) is 10.8. The van der Waals surface area contributed by atoms with Gasteiger partial charge in [-0.25, -0.2) is 4.39 Å². The molecule has 1 aromatic carbocycles. The molecule has 0 amide bonds. The number of nitrogens with zero attached hydrogens (tertiary/aromatic N) is 2. The van der Waals surface area contributed by atoms with E-state index in [0.29, 0.717) is 5.92 Å². The Kier molecular flexibility index (Phi) is 4.85. The monoisotopic (exact) mass is 303 g/mol. The number of hydrogen-bond donors (Lipinski definition) is 1. The molecule has 0 saturated carbocycles. The lowest BCUT2D eigenvalue weighted by atomic mass is 9.87. The maximum atomic E-state index is 13.8. The summed E-state index contributed by atoms with van der Waals surface area (Å²) in [5.74, 6) is 0.247. The number of benzene rings is 1. The van der Waals surface area contributed by atoms with Crippen molar-refractivity contribution in [2.75, 3.05) is 20.2 Å². The Morgan fingerprint density at radius 3 is 2.95 bits per heavy atom. The fourth-order valence-electron chi connectivity index (χ4n) is 3.23.